The normalized spacial score (nSPS) is 19.5. The molecule has 0 bridgehead atoms. The molecule has 2 heterocycles. The lowest BCUT2D eigenvalue weighted by Crippen LogP contribution is -2.44. The van der Waals surface area contributed by atoms with Crippen LogP contribution in [-0.4, -0.2) is 51.6 Å². The molecule has 0 unspecified atom stereocenters. The largest absolute Gasteiger partial charge is 0.335 e. The van der Waals surface area contributed by atoms with Crippen molar-refractivity contribution < 1.29 is 4.39 Å². The second-order valence-corrected chi connectivity index (χ2v) is 8.08. The zero-order valence-corrected chi connectivity index (χ0v) is 16.9. The molecule has 5 heteroatoms. The Balaban J connectivity index is 1.57. The molecule has 3 rings (SSSR count). The summed E-state index contributed by atoms with van der Waals surface area (Å²) in [5.74, 6) is 1.53. The molecule has 1 aromatic carbocycles. The van der Waals surface area contributed by atoms with Crippen LogP contribution in [-0.2, 0) is 13.1 Å². The van der Waals surface area contributed by atoms with E-state index >= 15 is 0 Å². The standard InChI is InChI=1S/C22H33FN4/c1-18(2)22-17-25(11-4-13-26-15-10-24-19(26)3)12-5-14-27(22)16-20-6-8-21(23)9-7-20/h6-10,15,18,22H,4-5,11-14,16-17H2,1-3H3/t22-/m1/s1. The van der Waals surface area contributed by atoms with Crippen molar-refractivity contribution in [3.63, 3.8) is 0 Å². The molecular weight excluding hydrogens is 339 g/mol. The van der Waals surface area contributed by atoms with Gasteiger partial charge in [0.2, 0.25) is 0 Å². The van der Waals surface area contributed by atoms with Gasteiger partial charge in [0.05, 0.1) is 0 Å². The van der Waals surface area contributed by atoms with Gasteiger partial charge in [-0.1, -0.05) is 26.0 Å². The van der Waals surface area contributed by atoms with E-state index in [1.165, 1.54) is 12.0 Å². The second kappa shape index (κ2) is 9.47. The minimum atomic E-state index is -0.158. The van der Waals surface area contributed by atoms with Crippen LogP contribution in [0.1, 0.15) is 38.1 Å². The first-order valence-electron chi connectivity index (χ1n) is 10.2. The fourth-order valence-corrected chi connectivity index (χ4v) is 4.10. The van der Waals surface area contributed by atoms with Gasteiger partial charge in [0, 0.05) is 44.6 Å². The number of hydrogen-bond acceptors (Lipinski definition) is 3. The highest BCUT2D eigenvalue weighted by atomic mass is 19.1. The topological polar surface area (TPSA) is 24.3 Å². The number of nitrogens with zero attached hydrogens (tertiary/aromatic N) is 4. The first-order valence-corrected chi connectivity index (χ1v) is 10.2. The van der Waals surface area contributed by atoms with E-state index in [2.05, 4.69) is 46.3 Å². The van der Waals surface area contributed by atoms with Gasteiger partial charge in [0.15, 0.2) is 0 Å². The van der Waals surface area contributed by atoms with Gasteiger partial charge in [-0.15, -0.1) is 0 Å². The summed E-state index contributed by atoms with van der Waals surface area (Å²) < 4.78 is 15.4. The Hall–Kier alpha value is -1.72. The molecular formula is C22H33FN4. The van der Waals surface area contributed by atoms with Crippen LogP contribution in [0.2, 0.25) is 0 Å². The van der Waals surface area contributed by atoms with E-state index in [0.717, 1.165) is 51.5 Å². The monoisotopic (exact) mass is 372 g/mol. The summed E-state index contributed by atoms with van der Waals surface area (Å²) in [5.41, 5.74) is 1.20. The second-order valence-electron chi connectivity index (χ2n) is 8.08. The van der Waals surface area contributed by atoms with Gasteiger partial charge in [-0.05, 0) is 56.5 Å². The maximum Gasteiger partial charge on any atom is 0.123 e. The van der Waals surface area contributed by atoms with Gasteiger partial charge in [-0.25, -0.2) is 9.37 Å². The molecule has 0 saturated carbocycles. The lowest BCUT2D eigenvalue weighted by molar-refractivity contribution is 0.131. The zero-order chi connectivity index (χ0) is 19.2. The number of aryl methyl sites for hydroxylation is 2. The molecule has 1 aromatic heterocycles. The average molecular weight is 373 g/mol. The maximum atomic E-state index is 13.2. The fourth-order valence-electron chi connectivity index (χ4n) is 4.10. The van der Waals surface area contributed by atoms with E-state index in [1.807, 2.05) is 18.3 Å². The van der Waals surface area contributed by atoms with E-state index in [-0.39, 0.29) is 5.82 Å². The van der Waals surface area contributed by atoms with Crippen LogP contribution in [0.3, 0.4) is 0 Å². The van der Waals surface area contributed by atoms with Crippen LogP contribution in [0.25, 0.3) is 0 Å². The van der Waals surface area contributed by atoms with Crippen LogP contribution >= 0.6 is 0 Å². The van der Waals surface area contributed by atoms with E-state index in [4.69, 9.17) is 0 Å². The lowest BCUT2D eigenvalue weighted by atomic mass is 10.0. The fraction of sp³-hybridized carbons (Fsp3) is 0.591. The number of hydrogen-bond donors (Lipinski definition) is 0. The molecule has 0 aliphatic carbocycles. The summed E-state index contributed by atoms with van der Waals surface area (Å²) in [6.45, 7) is 13.2. The van der Waals surface area contributed by atoms with Crippen molar-refractivity contribution in [1.82, 2.24) is 19.4 Å². The Labute approximate surface area is 163 Å². The molecule has 1 saturated heterocycles. The third kappa shape index (κ3) is 5.63. The van der Waals surface area contributed by atoms with Crippen molar-refractivity contribution in [3.8, 4) is 0 Å². The van der Waals surface area contributed by atoms with E-state index < -0.39 is 0 Å². The number of rotatable bonds is 7. The minimum absolute atomic E-state index is 0.158. The summed E-state index contributed by atoms with van der Waals surface area (Å²) in [6.07, 6.45) is 6.29. The Morgan fingerprint density at radius 2 is 1.93 bits per heavy atom. The van der Waals surface area contributed by atoms with Crippen molar-refractivity contribution in [1.29, 1.82) is 0 Å². The molecule has 4 nitrogen and oxygen atoms in total. The number of benzene rings is 1. The van der Waals surface area contributed by atoms with Crippen LogP contribution in [0.4, 0.5) is 4.39 Å². The average Bonchev–Trinajstić information content (AvgIpc) is 2.93. The van der Waals surface area contributed by atoms with Crippen molar-refractivity contribution in [2.24, 2.45) is 5.92 Å². The Morgan fingerprint density at radius 1 is 1.15 bits per heavy atom. The number of aromatic nitrogens is 2. The summed E-state index contributed by atoms with van der Waals surface area (Å²) in [6, 6.07) is 7.52. The maximum absolute atomic E-state index is 13.2. The molecule has 1 aliphatic heterocycles. The molecule has 27 heavy (non-hydrogen) atoms. The van der Waals surface area contributed by atoms with Crippen LogP contribution < -0.4 is 0 Å². The molecule has 0 amide bonds. The van der Waals surface area contributed by atoms with Crippen molar-refractivity contribution >= 4 is 0 Å². The van der Waals surface area contributed by atoms with Crippen LogP contribution in [0.15, 0.2) is 36.7 Å². The smallest absolute Gasteiger partial charge is 0.123 e. The lowest BCUT2D eigenvalue weighted by Gasteiger charge is -2.34. The van der Waals surface area contributed by atoms with E-state index in [1.54, 1.807) is 12.1 Å². The Bertz CT molecular complexity index is 695. The van der Waals surface area contributed by atoms with Gasteiger partial charge in [-0.3, -0.25) is 4.90 Å². The van der Waals surface area contributed by atoms with E-state index in [9.17, 15) is 4.39 Å². The van der Waals surface area contributed by atoms with Crippen molar-refractivity contribution in [2.45, 2.75) is 52.7 Å². The number of halogens is 1. The summed E-state index contributed by atoms with van der Waals surface area (Å²) in [4.78, 5) is 9.53. The quantitative estimate of drug-likeness (QED) is 0.735. The van der Waals surface area contributed by atoms with Crippen molar-refractivity contribution in [3.05, 3.63) is 53.9 Å². The van der Waals surface area contributed by atoms with Crippen LogP contribution in [0, 0.1) is 18.7 Å². The molecule has 2 aromatic rings. The van der Waals surface area contributed by atoms with Gasteiger partial charge >= 0.3 is 0 Å². The zero-order valence-electron chi connectivity index (χ0n) is 16.9. The minimum Gasteiger partial charge on any atom is -0.335 e. The van der Waals surface area contributed by atoms with Gasteiger partial charge in [-0.2, -0.15) is 0 Å². The third-order valence-corrected chi connectivity index (χ3v) is 5.70. The molecule has 1 aliphatic rings. The summed E-state index contributed by atoms with van der Waals surface area (Å²) in [5, 5.41) is 0. The number of imidazole rings is 1. The molecule has 1 atom stereocenters. The van der Waals surface area contributed by atoms with Gasteiger partial charge < -0.3 is 9.47 Å². The summed E-state index contributed by atoms with van der Waals surface area (Å²) in [7, 11) is 0. The molecule has 0 N–H and O–H groups in total. The predicted octanol–water partition coefficient (Wildman–Crippen LogP) is 3.95. The highest BCUT2D eigenvalue weighted by molar-refractivity contribution is 5.16. The predicted molar refractivity (Wildman–Crippen MR) is 108 cm³/mol. The van der Waals surface area contributed by atoms with Gasteiger partial charge in [0.1, 0.15) is 11.6 Å². The molecule has 0 radical (unpaired) electrons. The van der Waals surface area contributed by atoms with Crippen molar-refractivity contribution in [2.75, 3.05) is 26.2 Å². The molecule has 1 fully saturated rings. The summed E-state index contributed by atoms with van der Waals surface area (Å²) >= 11 is 0. The highest BCUT2D eigenvalue weighted by Crippen LogP contribution is 2.20. The third-order valence-electron chi connectivity index (χ3n) is 5.70. The first kappa shape index (κ1) is 20.0. The first-order chi connectivity index (χ1) is 13.0. The molecule has 0 spiro atoms. The Kier molecular flexibility index (Phi) is 7.02. The van der Waals surface area contributed by atoms with Gasteiger partial charge in [0.25, 0.3) is 0 Å². The highest BCUT2D eigenvalue weighted by Gasteiger charge is 2.27. The SMILES string of the molecule is Cc1nccn1CCCN1CCCN(Cc2ccc(F)cc2)[C@@H](C(C)C)C1. The van der Waals surface area contributed by atoms with Crippen LogP contribution in [0.5, 0.6) is 0 Å². The van der Waals surface area contributed by atoms with E-state index in [0.29, 0.717) is 12.0 Å². The molecule has 148 valence electrons. The Morgan fingerprint density at radius 3 is 2.59 bits per heavy atom.